The molecule has 0 spiro atoms. The molecule has 0 saturated carbocycles. The zero-order valence-corrected chi connectivity index (χ0v) is 8.16. The van der Waals surface area contributed by atoms with E-state index in [-0.39, 0.29) is 5.82 Å². The molecule has 0 atom stereocenters. The minimum Gasteiger partial charge on any atom is -0.428 e. The van der Waals surface area contributed by atoms with E-state index in [0.29, 0.717) is 16.9 Å². The van der Waals surface area contributed by atoms with Gasteiger partial charge in [-0.05, 0) is 36.2 Å². The van der Waals surface area contributed by atoms with E-state index < -0.39 is 5.63 Å². The quantitative estimate of drug-likeness (QED) is 0.714. The highest BCUT2D eigenvalue weighted by Gasteiger charge is 2.02. The van der Waals surface area contributed by atoms with E-state index in [4.69, 9.17) is 4.42 Å². The van der Waals surface area contributed by atoms with Gasteiger partial charge in [-0.2, -0.15) is 0 Å². The molecule has 76 valence electrons. The van der Waals surface area contributed by atoms with Gasteiger partial charge in [0.1, 0.15) is 11.6 Å². The predicted molar refractivity (Wildman–Crippen MR) is 55.1 cm³/mol. The molecule has 0 N–H and O–H groups in total. The molecule has 1 aromatic carbocycles. The highest BCUT2D eigenvalue weighted by molar-refractivity contribution is 5.62. The summed E-state index contributed by atoms with van der Waals surface area (Å²) in [5.41, 5.74) is 0.920. The van der Waals surface area contributed by atoms with Crippen molar-refractivity contribution in [2.45, 2.75) is 6.92 Å². The van der Waals surface area contributed by atoms with Crippen molar-refractivity contribution in [2.24, 2.45) is 0 Å². The molecule has 0 radical (unpaired) electrons. The number of halogens is 1. The van der Waals surface area contributed by atoms with Gasteiger partial charge in [-0.25, -0.2) is 9.18 Å². The van der Waals surface area contributed by atoms with Gasteiger partial charge in [0.15, 0.2) is 0 Å². The molecule has 1 aromatic heterocycles. The SMILES string of the molecule is Cc1cc(-c2cccc(F)c2)cc(=O)o1. The summed E-state index contributed by atoms with van der Waals surface area (Å²) in [6, 6.07) is 9.15. The Kier molecular flexibility index (Phi) is 2.37. The topological polar surface area (TPSA) is 30.2 Å². The van der Waals surface area contributed by atoms with Crippen LogP contribution >= 0.6 is 0 Å². The molecule has 2 aromatic rings. The maximum absolute atomic E-state index is 13.0. The molecule has 1 heterocycles. The lowest BCUT2D eigenvalue weighted by Gasteiger charge is -2.01. The van der Waals surface area contributed by atoms with Crippen molar-refractivity contribution in [3.63, 3.8) is 0 Å². The van der Waals surface area contributed by atoms with Crippen LogP contribution in [0.5, 0.6) is 0 Å². The van der Waals surface area contributed by atoms with Gasteiger partial charge in [0.2, 0.25) is 0 Å². The maximum Gasteiger partial charge on any atom is 0.336 e. The lowest BCUT2D eigenvalue weighted by atomic mass is 10.1. The van der Waals surface area contributed by atoms with Crippen LogP contribution in [0.2, 0.25) is 0 Å². The van der Waals surface area contributed by atoms with Gasteiger partial charge in [-0.1, -0.05) is 12.1 Å². The predicted octanol–water partition coefficient (Wildman–Crippen LogP) is 2.75. The number of benzene rings is 1. The van der Waals surface area contributed by atoms with Gasteiger partial charge in [-0.15, -0.1) is 0 Å². The van der Waals surface area contributed by atoms with Gasteiger partial charge < -0.3 is 4.42 Å². The number of aryl methyl sites for hydroxylation is 1. The van der Waals surface area contributed by atoms with E-state index in [1.54, 1.807) is 25.1 Å². The standard InChI is InChI=1S/C12H9FO2/c1-8-5-10(7-12(14)15-8)9-3-2-4-11(13)6-9/h2-7H,1H3. The second-order valence-electron chi connectivity index (χ2n) is 3.29. The first-order valence-corrected chi connectivity index (χ1v) is 4.53. The Labute approximate surface area is 86.0 Å². The Morgan fingerprint density at radius 1 is 1.13 bits per heavy atom. The van der Waals surface area contributed by atoms with Crippen LogP contribution < -0.4 is 5.63 Å². The zero-order chi connectivity index (χ0) is 10.8. The van der Waals surface area contributed by atoms with Crippen molar-refractivity contribution in [2.75, 3.05) is 0 Å². The van der Waals surface area contributed by atoms with E-state index >= 15 is 0 Å². The average molecular weight is 204 g/mol. The van der Waals surface area contributed by atoms with Crippen LogP contribution in [0.15, 0.2) is 45.6 Å². The Bertz CT molecular complexity index is 543. The van der Waals surface area contributed by atoms with E-state index in [1.807, 2.05) is 0 Å². The molecule has 2 rings (SSSR count). The molecular formula is C12H9FO2. The molecular weight excluding hydrogens is 195 g/mol. The fourth-order valence-corrected chi connectivity index (χ4v) is 1.44. The van der Waals surface area contributed by atoms with E-state index in [9.17, 15) is 9.18 Å². The third kappa shape index (κ3) is 2.13. The van der Waals surface area contributed by atoms with E-state index in [1.165, 1.54) is 18.2 Å². The highest BCUT2D eigenvalue weighted by Crippen LogP contribution is 2.19. The van der Waals surface area contributed by atoms with E-state index in [0.717, 1.165) is 0 Å². The average Bonchev–Trinajstić information content (AvgIpc) is 2.16. The summed E-state index contributed by atoms with van der Waals surface area (Å²) in [5, 5.41) is 0. The summed E-state index contributed by atoms with van der Waals surface area (Å²) >= 11 is 0. The fraction of sp³-hybridized carbons (Fsp3) is 0.0833. The summed E-state index contributed by atoms with van der Waals surface area (Å²) in [4.78, 5) is 11.1. The highest BCUT2D eigenvalue weighted by atomic mass is 19.1. The molecule has 0 amide bonds. The summed E-state index contributed by atoms with van der Waals surface area (Å²) in [7, 11) is 0. The van der Waals surface area contributed by atoms with Crippen molar-refractivity contribution in [3.05, 3.63) is 58.4 Å². The van der Waals surface area contributed by atoms with Crippen molar-refractivity contribution < 1.29 is 8.81 Å². The monoisotopic (exact) mass is 204 g/mol. The van der Waals surface area contributed by atoms with Crippen LogP contribution in [-0.2, 0) is 0 Å². The summed E-state index contributed by atoms with van der Waals surface area (Å²) in [6.45, 7) is 1.68. The molecule has 0 unspecified atom stereocenters. The molecule has 0 aliphatic carbocycles. The Morgan fingerprint density at radius 3 is 2.60 bits per heavy atom. The van der Waals surface area contributed by atoms with Gasteiger partial charge >= 0.3 is 5.63 Å². The first kappa shape index (κ1) is 9.65. The molecule has 0 aliphatic heterocycles. The van der Waals surface area contributed by atoms with Crippen molar-refractivity contribution >= 4 is 0 Å². The van der Waals surface area contributed by atoms with Crippen LogP contribution in [-0.4, -0.2) is 0 Å². The number of rotatable bonds is 1. The first-order valence-electron chi connectivity index (χ1n) is 4.53. The molecule has 0 bridgehead atoms. The Hall–Kier alpha value is -1.90. The molecule has 2 nitrogen and oxygen atoms in total. The van der Waals surface area contributed by atoms with Crippen LogP contribution in [0.4, 0.5) is 4.39 Å². The number of hydrogen-bond donors (Lipinski definition) is 0. The lowest BCUT2D eigenvalue weighted by molar-refractivity contribution is 0.481. The normalized spacial score (nSPS) is 10.3. The van der Waals surface area contributed by atoms with Crippen molar-refractivity contribution in [1.82, 2.24) is 0 Å². The minimum absolute atomic E-state index is 0.321. The summed E-state index contributed by atoms with van der Waals surface area (Å²) in [6.07, 6.45) is 0. The second-order valence-corrected chi connectivity index (χ2v) is 3.29. The third-order valence-corrected chi connectivity index (χ3v) is 2.05. The van der Waals surface area contributed by atoms with Crippen LogP contribution in [0.1, 0.15) is 5.76 Å². The van der Waals surface area contributed by atoms with Crippen LogP contribution in [0, 0.1) is 12.7 Å². The largest absolute Gasteiger partial charge is 0.428 e. The molecule has 0 aliphatic rings. The number of hydrogen-bond acceptors (Lipinski definition) is 2. The van der Waals surface area contributed by atoms with Gasteiger partial charge in [0, 0.05) is 6.07 Å². The van der Waals surface area contributed by atoms with Crippen LogP contribution in [0.3, 0.4) is 0 Å². The van der Waals surface area contributed by atoms with Gasteiger partial charge in [0.25, 0.3) is 0 Å². The first-order chi connectivity index (χ1) is 7.15. The van der Waals surface area contributed by atoms with E-state index in [2.05, 4.69) is 0 Å². The lowest BCUT2D eigenvalue weighted by Crippen LogP contribution is -1.98. The minimum atomic E-state index is -0.422. The molecule has 0 saturated heterocycles. The smallest absolute Gasteiger partial charge is 0.336 e. The summed E-state index contributed by atoms with van der Waals surface area (Å²) in [5.74, 6) is 0.195. The molecule has 0 fully saturated rings. The molecule has 3 heteroatoms. The third-order valence-electron chi connectivity index (χ3n) is 2.05. The van der Waals surface area contributed by atoms with Crippen molar-refractivity contribution in [1.29, 1.82) is 0 Å². The van der Waals surface area contributed by atoms with Gasteiger partial charge in [-0.3, -0.25) is 0 Å². The van der Waals surface area contributed by atoms with Crippen LogP contribution in [0.25, 0.3) is 11.1 Å². The van der Waals surface area contributed by atoms with Gasteiger partial charge in [0.05, 0.1) is 0 Å². The second kappa shape index (κ2) is 3.69. The Balaban J connectivity index is 2.59. The zero-order valence-electron chi connectivity index (χ0n) is 8.16. The maximum atomic E-state index is 13.0. The summed E-state index contributed by atoms with van der Waals surface area (Å²) < 4.78 is 17.8. The fourth-order valence-electron chi connectivity index (χ4n) is 1.44. The molecule has 15 heavy (non-hydrogen) atoms. The van der Waals surface area contributed by atoms with Crippen molar-refractivity contribution in [3.8, 4) is 11.1 Å². The Morgan fingerprint density at radius 2 is 1.93 bits per heavy atom.